The van der Waals surface area contributed by atoms with Gasteiger partial charge in [0.15, 0.2) is 0 Å². The average Bonchev–Trinajstić information content (AvgIpc) is 2.76. The molecule has 0 aliphatic carbocycles. The number of aromatic carboxylic acids is 1. The second-order valence-corrected chi connectivity index (χ2v) is 4.67. The van der Waals surface area contributed by atoms with Crippen LogP contribution in [-0.4, -0.2) is 23.7 Å². The molecule has 0 aromatic heterocycles. The van der Waals surface area contributed by atoms with Crippen LogP contribution in [0.3, 0.4) is 0 Å². The number of rotatable bonds is 3. The highest BCUT2D eigenvalue weighted by atomic mass is 16.4. The molecular weight excluding hydrogens is 214 g/mol. The van der Waals surface area contributed by atoms with E-state index in [0.717, 1.165) is 30.6 Å². The summed E-state index contributed by atoms with van der Waals surface area (Å²) in [7, 11) is 0. The van der Waals surface area contributed by atoms with Crippen molar-refractivity contribution in [1.82, 2.24) is 0 Å². The van der Waals surface area contributed by atoms with Crippen molar-refractivity contribution in [3.05, 3.63) is 29.3 Å². The molecule has 1 aromatic rings. The Morgan fingerprint density at radius 2 is 2.29 bits per heavy atom. The molecule has 1 atom stereocenters. The van der Waals surface area contributed by atoms with Crippen LogP contribution in [-0.2, 0) is 0 Å². The van der Waals surface area contributed by atoms with Crippen molar-refractivity contribution in [1.29, 1.82) is 0 Å². The molecule has 3 heteroatoms. The summed E-state index contributed by atoms with van der Waals surface area (Å²) in [6.45, 7) is 5.14. The molecule has 1 heterocycles. The Kier molecular flexibility index (Phi) is 3.36. The smallest absolute Gasteiger partial charge is 0.337 e. The number of carboxylic acids is 1. The average molecular weight is 233 g/mol. The summed E-state index contributed by atoms with van der Waals surface area (Å²) in [4.78, 5) is 13.6. The number of para-hydroxylation sites is 1. The third-order valence-corrected chi connectivity index (χ3v) is 3.60. The molecule has 1 saturated heterocycles. The fraction of sp³-hybridized carbons (Fsp3) is 0.500. The summed E-state index contributed by atoms with van der Waals surface area (Å²) in [6.07, 6.45) is 3.41. The summed E-state index contributed by atoms with van der Waals surface area (Å²) < 4.78 is 0. The highest BCUT2D eigenvalue weighted by molar-refractivity contribution is 5.95. The standard InChI is InChI=1S/C14H19NO2/c1-3-11-7-5-9-15(11)13-10(2)6-4-8-12(13)14(16)17/h4,6,8,11H,3,5,7,9H2,1-2H3,(H,16,17). The quantitative estimate of drug-likeness (QED) is 0.872. The zero-order chi connectivity index (χ0) is 12.4. The number of anilines is 1. The molecule has 1 fully saturated rings. The number of carboxylic acid groups (broad SMARTS) is 1. The molecule has 1 aromatic carbocycles. The summed E-state index contributed by atoms with van der Waals surface area (Å²) >= 11 is 0. The molecule has 0 spiro atoms. The first-order chi connectivity index (χ1) is 8.15. The lowest BCUT2D eigenvalue weighted by molar-refractivity contribution is 0.0697. The Morgan fingerprint density at radius 1 is 1.53 bits per heavy atom. The van der Waals surface area contributed by atoms with Crippen LogP contribution in [0.25, 0.3) is 0 Å². The third kappa shape index (κ3) is 2.14. The van der Waals surface area contributed by atoms with Gasteiger partial charge in [0.05, 0.1) is 11.3 Å². The van der Waals surface area contributed by atoms with Crippen molar-refractivity contribution in [3.8, 4) is 0 Å². The first-order valence-corrected chi connectivity index (χ1v) is 6.24. The first-order valence-electron chi connectivity index (χ1n) is 6.24. The van der Waals surface area contributed by atoms with Crippen LogP contribution < -0.4 is 4.90 Å². The van der Waals surface area contributed by atoms with E-state index in [1.807, 2.05) is 19.1 Å². The molecule has 0 bridgehead atoms. The van der Waals surface area contributed by atoms with Crippen molar-refractivity contribution in [2.45, 2.75) is 39.2 Å². The number of carbonyl (C=O) groups is 1. The molecule has 3 nitrogen and oxygen atoms in total. The van der Waals surface area contributed by atoms with Gasteiger partial charge in [0.25, 0.3) is 0 Å². The highest BCUT2D eigenvalue weighted by Crippen LogP contribution is 2.32. The van der Waals surface area contributed by atoms with E-state index in [2.05, 4.69) is 11.8 Å². The van der Waals surface area contributed by atoms with Crippen molar-refractivity contribution in [2.75, 3.05) is 11.4 Å². The molecule has 17 heavy (non-hydrogen) atoms. The van der Waals surface area contributed by atoms with Gasteiger partial charge in [0.2, 0.25) is 0 Å². The van der Waals surface area contributed by atoms with Crippen molar-refractivity contribution in [3.63, 3.8) is 0 Å². The van der Waals surface area contributed by atoms with Gasteiger partial charge < -0.3 is 10.0 Å². The maximum Gasteiger partial charge on any atom is 0.337 e. The largest absolute Gasteiger partial charge is 0.478 e. The predicted octanol–water partition coefficient (Wildman–Crippen LogP) is 3.07. The number of benzene rings is 1. The van der Waals surface area contributed by atoms with Gasteiger partial charge in [-0.1, -0.05) is 19.1 Å². The Bertz CT molecular complexity index is 428. The molecule has 1 unspecified atom stereocenters. The molecular formula is C14H19NO2. The SMILES string of the molecule is CCC1CCCN1c1c(C)cccc1C(=O)O. The Labute approximate surface area is 102 Å². The Morgan fingerprint density at radius 3 is 2.94 bits per heavy atom. The van der Waals surface area contributed by atoms with E-state index < -0.39 is 5.97 Å². The van der Waals surface area contributed by atoms with Crippen LogP contribution in [0.1, 0.15) is 42.1 Å². The van der Waals surface area contributed by atoms with Gasteiger partial charge in [-0.25, -0.2) is 4.79 Å². The fourth-order valence-corrected chi connectivity index (χ4v) is 2.77. The molecule has 1 aliphatic rings. The lowest BCUT2D eigenvalue weighted by Gasteiger charge is -2.28. The van der Waals surface area contributed by atoms with Crippen LogP contribution in [0.4, 0.5) is 5.69 Å². The summed E-state index contributed by atoms with van der Waals surface area (Å²) in [5.41, 5.74) is 2.42. The van der Waals surface area contributed by atoms with Crippen molar-refractivity contribution < 1.29 is 9.90 Å². The minimum absolute atomic E-state index is 0.436. The summed E-state index contributed by atoms with van der Waals surface area (Å²) in [6, 6.07) is 6.01. The predicted molar refractivity (Wildman–Crippen MR) is 68.8 cm³/mol. The van der Waals surface area contributed by atoms with Crippen LogP contribution in [0, 0.1) is 6.92 Å². The Hall–Kier alpha value is -1.51. The lowest BCUT2D eigenvalue weighted by atomic mass is 10.0. The Balaban J connectivity index is 2.46. The van der Waals surface area contributed by atoms with Gasteiger partial charge in [-0.05, 0) is 37.8 Å². The van der Waals surface area contributed by atoms with Crippen molar-refractivity contribution >= 4 is 11.7 Å². The van der Waals surface area contributed by atoms with Gasteiger partial charge in [-0.3, -0.25) is 0 Å². The number of nitrogens with zero attached hydrogens (tertiary/aromatic N) is 1. The van der Waals surface area contributed by atoms with E-state index in [0.29, 0.717) is 11.6 Å². The van der Waals surface area contributed by atoms with E-state index in [9.17, 15) is 9.90 Å². The highest BCUT2D eigenvalue weighted by Gasteiger charge is 2.27. The molecule has 1 aliphatic heterocycles. The second-order valence-electron chi connectivity index (χ2n) is 4.67. The van der Waals surface area contributed by atoms with Gasteiger partial charge in [0.1, 0.15) is 0 Å². The second kappa shape index (κ2) is 4.78. The zero-order valence-electron chi connectivity index (χ0n) is 10.4. The van der Waals surface area contributed by atoms with E-state index in [-0.39, 0.29) is 0 Å². The van der Waals surface area contributed by atoms with Crippen LogP contribution in [0.2, 0.25) is 0 Å². The van der Waals surface area contributed by atoms with Gasteiger partial charge >= 0.3 is 5.97 Å². The first kappa shape index (κ1) is 12.0. The van der Waals surface area contributed by atoms with E-state index >= 15 is 0 Å². The molecule has 0 saturated carbocycles. The van der Waals surface area contributed by atoms with Crippen LogP contribution in [0.5, 0.6) is 0 Å². The summed E-state index contributed by atoms with van der Waals surface area (Å²) in [5.74, 6) is -0.828. The van der Waals surface area contributed by atoms with Gasteiger partial charge in [0, 0.05) is 12.6 Å². The number of hydrogen-bond acceptors (Lipinski definition) is 2. The number of aryl methyl sites for hydroxylation is 1. The van der Waals surface area contributed by atoms with Gasteiger partial charge in [-0.15, -0.1) is 0 Å². The molecule has 92 valence electrons. The molecule has 0 radical (unpaired) electrons. The van der Waals surface area contributed by atoms with Gasteiger partial charge in [-0.2, -0.15) is 0 Å². The maximum atomic E-state index is 11.3. The van der Waals surface area contributed by atoms with Crippen LogP contribution in [0.15, 0.2) is 18.2 Å². The monoisotopic (exact) mass is 233 g/mol. The van der Waals surface area contributed by atoms with Crippen molar-refractivity contribution in [2.24, 2.45) is 0 Å². The van der Waals surface area contributed by atoms with E-state index in [4.69, 9.17) is 0 Å². The summed E-state index contributed by atoms with van der Waals surface area (Å²) in [5, 5.41) is 9.28. The lowest BCUT2D eigenvalue weighted by Crippen LogP contribution is -2.30. The molecule has 2 rings (SSSR count). The molecule has 1 N–H and O–H groups in total. The topological polar surface area (TPSA) is 40.5 Å². The third-order valence-electron chi connectivity index (χ3n) is 3.60. The maximum absolute atomic E-state index is 11.3. The normalized spacial score (nSPS) is 19.6. The minimum Gasteiger partial charge on any atom is -0.478 e. The zero-order valence-corrected chi connectivity index (χ0v) is 10.4. The number of hydrogen-bond donors (Lipinski definition) is 1. The molecule has 0 amide bonds. The van der Waals surface area contributed by atoms with E-state index in [1.54, 1.807) is 6.07 Å². The fourth-order valence-electron chi connectivity index (χ4n) is 2.77. The van der Waals surface area contributed by atoms with E-state index in [1.165, 1.54) is 6.42 Å². The minimum atomic E-state index is -0.828. The van der Waals surface area contributed by atoms with Crippen LogP contribution >= 0.6 is 0 Å².